The average Bonchev–Trinajstić information content (AvgIpc) is 2.84. The third-order valence-electron chi connectivity index (χ3n) is 3.26. The van der Waals surface area contributed by atoms with Gasteiger partial charge in [0.2, 0.25) is 0 Å². The van der Waals surface area contributed by atoms with Crippen molar-refractivity contribution < 1.29 is 17.9 Å². The van der Waals surface area contributed by atoms with E-state index in [4.69, 9.17) is 21.1 Å². The highest BCUT2D eigenvalue weighted by molar-refractivity contribution is 7.92. The number of fused-ring (bicyclic) bond motifs is 1. The van der Waals surface area contributed by atoms with Crippen LogP contribution in [0.2, 0.25) is 5.02 Å². The first-order valence-electron chi connectivity index (χ1n) is 6.83. The summed E-state index contributed by atoms with van der Waals surface area (Å²) in [5, 5.41) is -0.358. The van der Waals surface area contributed by atoms with E-state index in [0.717, 1.165) is 0 Å². The molecule has 122 valence electrons. The van der Waals surface area contributed by atoms with Crippen LogP contribution >= 0.6 is 11.6 Å². The zero-order valence-corrected chi connectivity index (χ0v) is 14.3. The van der Waals surface area contributed by atoms with E-state index in [9.17, 15) is 8.42 Å². The number of methoxy groups -OCH3 is 1. The number of hydrogen-bond acceptors (Lipinski definition) is 5. The lowest BCUT2D eigenvalue weighted by Crippen LogP contribution is -2.14. The fraction of sp³-hybridized carbons (Fsp3) is 0.500. The highest BCUT2D eigenvalue weighted by Crippen LogP contribution is 2.29. The van der Waals surface area contributed by atoms with Crippen molar-refractivity contribution in [3.8, 4) is 0 Å². The molecule has 0 saturated carbocycles. The Bertz CT molecular complexity index is 756. The minimum atomic E-state index is -3.46. The molecule has 0 aliphatic rings. The number of aromatic nitrogens is 2. The number of benzene rings is 1. The lowest BCUT2D eigenvalue weighted by molar-refractivity contribution is 0.0358. The predicted molar refractivity (Wildman–Crippen MR) is 84.9 cm³/mol. The van der Waals surface area contributed by atoms with E-state index < -0.39 is 15.1 Å². The summed E-state index contributed by atoms with van der Waals surface area (Å²) in [5.74, 6) is 0. The van der Waals surface area contributed by atoms with Crippen molar-refractivity contribution in [2.45, 2.75) is 30.7 Å². The highest BCUT2D eigenvalue weighted by Gasteiger charge is 2.23. The van der Waals surface area contributed by atoms with E-state index in [2.05, 4.69) is 4.98 Å². The van der Waals surface area contributed by atoms with Crippen LogP contribution in [0.1, 0.15) is 13.8 Å². The van der Waals surface area contributed by atoms with Crippen molar-refractivity contribution in [3.05, 3.63) is 23.5 Å². The standard InChI is InChI=1S/C14H19ClN2O4S/c1-10(2)22(18,19)14-7-13-12(6-11(14)15)16-8-17(13)9-21-5-4-20-3/h6-8,10H,4-5,9H2,1-3H3. The molecule has 2 rings (SSSR count). The monoisotopic (exact) mass is 346 g/mol. The van der Waals surface area contributed by atoms with Gasteiger partial charge >= 0.3 is 0 Å². The first-order valence-corrected chi connectivity index (χ1v) is 8.75. The van der Waals surface area contributed by atoms with Gasteiger partial charge in [-0.15, -0.1) is 0 Å². The molecular formula is C14H19ClN2O4S. The summed E-state index contributed by atoms with van der Waals surface area (Å²) in [6, 6.07) is 3.12. The summed E-state index contributed by atoms with van der Waals surface area (Å²) in [7, 11) is -1.86. The van der Waals surface area contributed by atoms with Gasteiger partial charge in [0.1, 0.15) is 6.73 Å². The van der Waals surface area contributed by atoms with E-state index in [1.165, 1.54) is 0 Å². The molecule has 1 heterocycles. The van der Waals surface area contributed by atoms with Gasteiger partial charge in [0.15, 0.2) is 9.84 Å². The Morgan fingerprint density at radius 3 is 2.68 bits per heavy atom. The largest absolute Gasteiger partial charge is 0.382 e. The van der Waals surface area contributed by atoms with Gasteiger partial charge in [-0.3, -0.25) is 0 Å². The molecule has 0 fully saturated rings. The van der Waals surface area contributed by atoms with E-state index in [0.29, 0.717) is 24.2 Å². The van der Waals surface area contributed by atoms with Crippen LogP contribution in [0.3, 0.4) is 0 Å². The summed E-state index contributed by atoms with van der Waals surface area (Å²) in [6.45, 7) is 4.46. The van der Waals surface area contributed by atoms with Crippen LogP contribution in [0.15, 0.2) is 23.4 Å². The molecule has 22 heavy (non-hydrogen) atoms. The lowest BCUT2D eigenvalue weighted by Gasteiger charge is -2.11. The minimum Gasteiger partial charge on any atom is -0.382 e. The van der Waals surface area contributed by atoms with Crippen LogP contribution in [0.5, 0.6) is 0 Å². The molecule has 0 aliphatic heterocycles. The van der Waals surface area contributed by atoms with Crippen LogP contribution in [0, 0.1) is 0 Å². The molecule has 0 spiro atoms. The molecular weight excluding hydrogens is 328 g/mol. The second kappa shape index (κ2) is 6.95. The molecule has 2 aromatic rings. The van der Waals surface area contributed by atoms with Crippen molar-refractivity contribution in [1.82, 2.24) is 9.55 Å². The van der Waals surface area contributed by atoms with Crippen molar-refractivity contribution in [2.75, 3.05) is 20.3 Å². The second-order valence-corrected chi connectivity index (χ2v) is 7.99. The Hall–Kier alpha value is -1.15. The van der Waals surface area contributed by atoms with Crippen LogP contribution < -0.4 is 0 Å². The molecule has 0 N–H and O–H groups in total. The molecule has 8 heteroatoms. The summed E-state index contributed by atoms with van der Waals surface area (Å²) in [5.41, 5.74) is 1.30. The van der Waals surface area contributed by atoms with Gasteiger partial charge in [-0.1, -0.05) is 11.6 Å². The topological polar surface area (TPSA) is 70.4 Å². The lowest BCUT2D eigenvalue weighted by atomic mass is 10.3. The quantitative estimate of drug-likeness (QED) is 0.720. The average molecular weight is 347 g/mol. The van der Waals surface area contributed by atoms with Crippen molar-refractivity contribution in [1.29, 1.82) is 0 Å². The van der Waals surface area contributed by atoms with E-state index in [-0.39, 0.29) is 16.6 Å². The SMILES string of the molecule is COCCOCn1cnc2cc(Cl)c(S(=O)(=O)C(C)C)cc21. The zero-order valence-electron chi connectivity index (χ0n) is 12.7. The highest BCUT2D eigenvalue weighted by atomic mass is 35.5. The van der Waals surface area contributed by atoms with Crippen LogP contribution in [0.4, 0.5) is 0 Å². The van der Waals surface area contributed by atoms with Crippen molar-refractivity contribution in [3.63, 3.8) is 0 Å². The number of ether oxygens (including phenoxy) is 2. The summed E-state index contributed by atoms with van der Waals surface area (Å²) < 4.78 is 36.8. The minimum absolute atomic E-state index is 0.121. The van der Waals surface area contributed by atoms with Crippen LogP contribution in [-0.2, 0) is 26.0 Å². The van der Waals surface area contributed by atoms with Gasteiger partial charge in [0.25, 0.3) is 0 Å². The maximum Gasteiger partial charge on any atom is 0.182 e. The van der Waals surface area contributed by atoms with Gasteiger partial charge in [-0.05, 0) is 26.0 Å². The number of nitrogens with zero attached hydrogens (tertiary/aromatic N) is 2. The van der Waals surface area contributed by atoms with Crippen molar-refractivity contribution >= 4 is 32.5 Å². The number of hydrogen-bond donors (Lipinski definition) is 0. The zero-order chi connectivity index (χ0) is 16.3. The Balaban J connectivity index is 2.39. The van der Waals surface area contributed by atoms with Gasteiger partial charge in [-0.25, -0.2) is 13.4 Å². The third kappa shape index (κ3) is 3.43. The number of imidazole rings is 1. The number of sulfone groups is 1. The Morgan fingerprint density at radius 2 is 2.05 bits per heavy atom. The molecule has 0 radical (unpaired) electrons. The van der Waals surface area contributed by atoms with E-state index >= 15 is 0 Å². The summed E-state index contributed by atoms with van der Waals surface area (Å²) in [6.07, 6.45) is 1.60. The Kier molecular flexibility index (Phi) is 5.44. The second-order valence-electron chi connectivity index (χ2n) is 5.11. The van der Waals surface area contributed by atoms with E-state index in [1.807, 2.05) is 0 Å². The maximum absolute atomic E-state index is 12.4. The molecule has 6 nitrogen and oxygen atoms in total. The Morgan fingerprint density at radius 1 is 1.32 bits per heavy atom. The summed E-state index contributed by atoms with van der Waals surface area (Å²) >= 11 is 6.11. The maximum atomic E-state index is 12.4. The van der Waals surface area contributed by atoms with Crippen LogP contribution in [-0.4, -0.2) is 43.5 Å². The van der Waals surface area contributed by atoms with Gasteiger partial charge in [0, 0.05) is 7.11 Å². The normalized spacial score (nSPS) is 12.4. The van der Waals surface area contributed by atoms with Gasteiger partial charge in [-0.2, -0.15) is 0 Å². The number of rotatable bonds is 7. The third-order valence-corrected chi connectivity index (χ3v) is 5.88. The number of halogens is 1. The molecule has 0 aliphatic carbocycles. The van der Waals surface area contributed by atoms with Gasteiger partial charge < -0.3 is 14.0 Å². The van der Waals surface area contributed by atoms with Crippen molar-refractivity contribution in [2.24, 2.45) is 0 Å². The molecule has 0 amide bonds. The van der Waals surface area contributed by atoms with E-state index in [1.54, 1.807) is 44.0 Å². The predicted octanol–water partition coefficient (Wildman–Crippen LogP) is 2.49. The molecule has 0 bridgehead atoms. The van der Waals surface area contributed by atoms with Crippen LogP contribution in [0.25, 0.3) is 11.0 Å². The molecule has 0 saturated heterocycles. The fourth-order valence-corrected chi connectivity index (χ4v) is 3.53. The molecule has 0 unspecified atom stereocenters. The smallest absolute Gasteiger partial charge is 0.182 e. The first kappa shape index (κ1) is 17.2. The molecule has 1 aromatic heterocycles. The first-order chi connectivity index (χ1) is 10.4. The fourth-order valence-electron chi connectivity index (χ4n) is 1.94. The molecule has 1 aromatic carbocycles. The summed E-state index contributed by atoms with van der Waals surface area (Å²) in [4.78, 5) is 4.34. The van der Waals surface area contributed by atoms with Gasteiger partial charge in [0.05, 0.1) is 45.7 Å². The Labute approximate surface area is 134 Å². The molecule has 0 atom stereocenters.